The third-order valence-electron chi connectivity index (χ3n) is 10.9. The number of hydrogen-bond donors (Lipinski definition) is 2. The number of methoxy groups -OCH3 is 1. The normalized spacial score (nSPS) is 27.5. The standard InChI is InChI=1S/C39H35N3O6S/c1-22-10-12-24(13-11-22)40-42-36(45)31-20-30-27(16-17-29-33(30)37(46)41(35(29)44)21-26-9-6-18-49-26)34(28-15-14-25(48-2)19-32(28)43)39(31,38(42)47)23-7-4-3-5-8-23/h3-16,18-19,29-31,33-34,40,43H,17,20-21H2,1-2H3/t29-,30+,31-,33-,34+,39+/m0/s1. The Kier molecular flexibility index (Phi) is 7.44. The molecule has 4 aromatic rings. The van der Waals surface area contributed by atoms with E-state index in [1.165, 1.54) is 29.4 Å². The number of benzene rings is 3. The van der Waals surface area contributed by atoms with Crippen LogP contribution in [0.5, 0.6) is 11.5 Å². The first-order valence-electron chi connectivity index (χ1n) is 16.5. The Labute approximate surface area is 287 Å². The van der Waals surface area contributed by atoms with Crippen molar-refractivity contribution in [2.24, 2.45) is 23.7 Å². The lowest BCUT2D eigenvalue weighted by Gasteiger charge is -2.50. The van der Waals surface area contributed by atoms with Gasteiger partial charge in [0.25, 0.3) is 11.8 Å². The number of nitrogens with zero attached hydrogens (tertiary/aromatic N) is 2. The number of nitrogens with one attached hydrogen (secondary N) is 1. The van der Waals surface area contributed by atoms with Gasteiger partial charge >= 0.3 is 0 Å². The lowest BCUT2D eigenvalue weighted by Crippen LogP contribution is -2.53. The zero-order valence-electron chi connectivity index (χ0n) is 27.0. The highest BCUT2D eigenvalue weighted by Gasteiger charge is 2.70. The van der Waals surface area contributed by atoms with Gasteiger partial charge < -0.3 is 9.84 Å². The molecule has 3 aromatic carbocycles. The summed E-state index contributed by atoms with van der Waals surface area (Å²) in [5.74, 6) is -4.44. The summed E-state index contributed by atoms with van der Waals surface area (Å²) in [6.07, 6.45) is 2.50. The number of hydrazine groups is 1. The second-order valence-corrected chi connectivity index (χ2v) is 14.4. The highest BCUT2D eigenvalue weighted by molar-refractivity contribution is 7.09. The van der Waals surface area contributed by atoms with Gasteiger partial charge in [0.2, 0.25) is 11.8 Å². The molecule has 49 heavy (non-hydrogen) atoms. The molecule has 9 nitrogen and oxygen atoms in total. The fourth-order valence-corrected chi connectivity index (χ4v) is 9.46. The van der Waals surface area contributed by atoms with Crippen LogP contribution in [-0.4, -0.2) is 45.8 Å². The molecule has 0 radical (unpaired) electrons. The number of fused-ring (bicyclic) bond motifs is 4. The zero-order chi connectivity index (χ0) is 34.0. The van der Waals surface area contributed by atoms with E-state index in [0.29, 0.717) is 29.0 Å². The number of likely N-dealkylation sites (tertiary alicyclic amines) is 1. The molecule has 1 saturated carbocycles. The number of aromatic hydroxyl groups is 1. The smallest absolute Gasteiger partial charge is 0.260 e. The van der Waals surface area contributed by atoms with Gasteiger partial charge in [-0.1, -0.05) is 71.8 Å². The molecular formula is C39H35N3O6S. The van der Waals surface area contributed by atoms with Crippen molar-refractivity contribution in [3.05, 3.63) is 124 Å². The van der Waals surface area contributed by atoms with Crippen LogP contribution in [-0.2, 0) is 31.1 Å². The molecule has 2 aliphatic heterocycles. The van der Waals surface area contributed by atoms with E-state index in [0.717, 1.165) is 21.0 Å². The Morgan fingerprint density at radius 3 is 2.39 bits per heavy atom. The van der Waals surface area contributed by atoms with E-state index in [1.54, 1.807) is 12.1 Å². The predicted molar refractivity (Wildman–Crippen MR) is 183 cm³/mol. The third-order valence-corrected chi connectivity index (χ3v) is 11.8. The molecule has 4 aliphatic rings. The SMILES string of the molecule is COc1ccc([C@H]2C3=CC[C@@H]4C(=O)N(Cc5cccs5)C(=O)[C@@H]4[C@@H]3C[C@H]3C(=O)N(Nc4ccc(C)cc4)C(=O)[C@@]23c2ccccc2)c(O)c1. The summed E-state index contributed by atoms with van der Waals surface area (Å²) in [5, 5.41) is 14.7. The molecule has 2 N–H and O–H groups in total. The summed E-state index contributed by atoms with van der Waals surface area (Å²) in [5.41, 5.74) is 5.14. The lowest BCUT2D eigenvalue weighted by molar-refractivity contribution is -0.141. The maximum Gasteiger partial charge on any atom is 0.260 e. The van der Waals surface area contributed by atoms with Crippen molar-refractivity contribution in [2.75, 3.05) is 12.5 Å². The van der Waals surface area contributed by atoms with Crippen LogP contribution in [0.2, 0.25) is 0 Å². The number of phenols is 1. The topological polar surface area (TPSA) is 116 Å². The predicted octanol–water partition coefficient (Wildman–Crippen LogP) is 5.96. The fourth-order valence-electron chi connectivity index (χ4n) is 8.77. The Bertz CT molecular complexity index is 2010. The molecule has 10 heteroatoms. The molecule has 0 bridgehead atoms. The van der Waals surface area contributed by atoms with Gasteiger partial charge in [-0.15, -0.1) is 11.3 Å². The fraction of sp³-hybridized carbons (Fsp3) is 0.282. The van der Waals surface area contributed by atoms with Crippen LogP contribution in [0.3, 0.4) is 0 Å². The summed E-state index contributed by atoms with van der Waals surface area (Å²) >= 11 is 1.49. The minimum Gasteiger partial charge on any atom is -0.508 e. The van der Waals surface area contributed by atoms with Crippen LogP contribution >= 0.6 is 11.3 Å². The number of carbonyl (C=O) groups is 4. The number of ether oxygens (including phenoxy) is 1. The highest BCUT2D eigenvalue weighted by atomic mass is 32.1. The molecular weight excluding hydrogens is 639 g/mol. The van der Waals surface area contributed by atoms with Gasteiger partial charge in [-0.2, -0.15) is 5.01 Å². The number of amides is 4. The Hall–Kier alpha value is -5.22. The average Bonchev–Trinajstić information content (AvgIpc) is 3.78. The number of aryl methyl sites for hydroxylation is 1. The molecule has 3 heterocycles. The summed E-state index contributed by atoms with van der Waals surface area (Å²) in [6, 6.07) is 25.5. The van der Waals surface area contributed by atoms with E-state index in [-0.39, 0.29) is 30.5 Å². The third kappa shape index (κ3) is 4.64. The first kappa shape index (κ1) is 31.1. The zero-order valence-corrected chi connectivity index (χ0v) is 27.9. The van der Waals surface area contributed by atoms with Crippen LogP contribution in [0.1, 0.15) is 40.3 Å². The summed E-state index contributed by atoms with van der Waals surface area (Å²) in [6.45, 7) is 2.16. The van der Waals surface area contributed by atoms with E-state index in [4.69, 9.17) is 4.74 Å². The van der Waals surface area contributed by atoms with Crippen molar-refractivity contribution in [2.45, 2.75) is 37.6 Å². The summed E-state index contributed by atoms with van der Waals surface area (Å²) in [4.78, 5) is 60.3. The molecule has 0 spiro atoms. The van der Waals surface area contributed by atoms with Crippen molar-refractivity contribution in [1.82, 2.24) is 9.91 Å². The second-order valence-electron chi connectivity index (χ2n) is 13.4. The van der Waals surface area contributed by atoms with Gasteiger partial charge in [0.1, 0.15) is 11.5 Å². The van der Waals surface area contributed by atoms with Gasteiger partial charge in [-0.3, -0.25) is 29.5 Å². The van der Waals surface area contributed by atoms with Crippen LogP contribution in [0.25, 0.3) is 0 Å². The van der Waals surface area contributed by atoms with E-state index in [9.17, 15) is 19.5 Å². The van der Waals surface area contributed by atoms with Gasteiger partial charge in [-0.05, 0) is 60.9 Å². The van der Waals surface area contributed by atoms with E-state index < -0.39 is 46.8 Å². The molecule has 6 atom stereocenters. The molecule has 1 aromatic heterocycles. The molecule has 0 unspecified atom stereocenters. The summed E-state index contributed by atoms with van der Waals surface area (Å²) < 4.78 is 5.41. The van der Waals surface area contributed by atoms with Crippen LogP contribution in [0, 0.1) is 30.6 Å². The first-order valence-corrected chi connectivity index (χ1v) is 17.3. The number of imide groups is 2. The number of hydrogen-bond acceptors (Lipinski definition) is 8. The quantitative estimate of drug-likeness (QED) is 0.184. The van der Waals surface area contributed by atoms with Gasteiger partial charge in [-0.25, -0.2) is 0 Å². The largest absolute Gasteiger partial charge is 0.508 e. The van der Waals surface area contributed by atoms with E-state index >= 15 is 4.79 Å². The maximum atomic E-state index is 15.2. The molecule has 248 valence electrons. The van der Waals surface area contributed by atoms with Gasteiger partial charge in [0.05, 0.1) is 42.5 Å². The molecule has 2 aliphatic carbocycles. The number of thiophene rings is 1. The van der Waals surface area contributed by atoms with Crippen molar-refractivity contribution in [3.63, 3.8) is 0 Å². The summed E-state index contributed by atoms with van der Waals surface area (Å²) in [7, 11) is 1.51. The number of allylic oxidation sites excluding steroid dienone is 2. The van der Waals surface area contributed by atoms with Gasteiger partial charge in [0.15, 0.2) is 0 Å². The van der Waals surface area contributed by atoms with Crippen LogP contribution in [0.15, 0.2) is 102 Å². The molecule has 4 amide bonds. The molecule has 2 saturated heterocycles. The van der Waals surface area contributed by atoms with Crippen molar-refractivity contribution >= 4 is 40.7 Å². The Morgan fingerprint density at radius 1 is 0.918 bits per heavy atom. The van der Waals surface area contributed by atoms with Crippen molar-refractivity contribution < 1.29 is 29.0 Å². The number of carbonyl (C=O) groups excluding carboxylic acids is 4. The van der Waals surface area contributed by atoms with Gasteiger partial charge in [0, 0.05) is 22.4 Å². The molecule has 8 rings (SSSR count). The Morgan fingerprint density at radius 2 is 1.69 bits per heavy atom. The maximum absolute atomic E-state index is 15.2. The lowest BCUT2D eigenvalue weighted by atomic mass is 9.49. The number of phenolic OH excluding ortho intramolecular Hbond substituents is 1. The number of rotatable bonds is 7. The van der Waals surface area contributed by atoms with Crippen LogP contribution < -0.4 is 10.2 Å². The minimum atomic E-state index is -1.46. The van der Waals surface area contributed by atoms with Crippen LogP contribution in [0.4, 0.5) is 5.69 Å². The van der Waals surface area contributed by atoms with Crippen molar-refractivity contribution in [1.29, 1.82) is 0 Å². The number of anilines is 1. The van der Waals surface area contributed by atoms with Crippen molar-refractivity contribution in [3.8, 4) is 11.5 Å². The first-order chi connectivity index (χ1) is 23.7. The van der Waals surface area contributed by atoms with E-state index in [2.05, 4.69) is 5.43 Å². The average molecular weight is 674 g/mol. The second kappa shape index (κ2) is 11.7. The van der Waals surface area contributed by atoms with E-state index in [1.807, 2.05) is 85.1 Å². The highest BCUT2D eigenvalue weighted by Crippen LogP contribution is 2.65. The molecule has 3 fully saturated rings. The Balaban J connectivity index is 1.31. The monoisotopic (exact) mass is 673 g/mol. The minimum absolute atomic E-state index is 0.0829.